The zero-order valence-electron chi connectivity index (χ0n) is 15.5. The van der Waals surface area contributed by atoms with Crippen LogP contribution in [0.4, 0.5) is 0 Å². The van der Waals surface area contributed by atoms with Crippen LogP contribution in [0.3, 0.4) is 0 Å². The number of aromatic nitrogens is 2. The van der Waals surface area contributed by atoms with Crippen LogP contribution in [0.15, 0.2) is 51.9 Å². The Balaban J connectivity index is 0.00000243. The van der Waals surface area contributed by atoms with E-state index >= 15 is 0 Å². The third-order valence-corrected chi connectivity index (χ3v) is 4.18. The molecule has 0 radical (unpaired) electrons. The summed E-state index contributed by atoms with van der Waals surface area (Å²) >= 11 is 0. The molecule has 0 aliphatic heterocycles. The molecule has 0 fully saturated rings. The van der Waals surface area contributed by atoms with Gasteiger partial charge in [0.25, 0.3) is 5.56 Å². The second-order valence-corrected chi connectivity index (χ2v) is 6.64. The lowest BCUT2D eigenvalue weighted by Gasteiger charge is -2.11. The topological polar surface area (TPSA) is 51.3 Å². The molecule has 0 N–H and O–H groups in total. The molecule has 26 heavy (non-hydrogen) atoms. The van der Waals surface area contributed by atoms with E-state index in [1.807, 2.05) is 40.2 Å². The van der Waals surface area contributed by atoms with Crippen molar-refractivity contribution in [3.8, 4) is 11.1 Å². The first-order valence-electron chi connectivity index (χ1n) is 8.30. The van der Waals surface area contributed by atoms with Crippen molar-refractivity contribution >= 4 is 12.4 Å². The first-order valence-corrected chi connectivity index (χ1v) is 8.30. The average Bonchev–Trinajstić information content (AvgIpc) is 2.90. The predicted octanol–water partition coefficient (Wildman–Crippen LogP) is 3.65. The van der Waals surface area contributed by atoms with Crippen LogP contribution in [0.25, 0.3) is 11.1 Å². The molecule has 5 nitrogen and oxygen atoms in total. The number of halogens is 1. The average molecular weight is 374 g/mol. The van der Waals surface area contributed by atoms with Gasteiger partial charge in [0.1, 0.15) is 5.76 Å². The van der Waals surface area contributed by atoms with E-state index in [-0.39, 0.29) is 18.0 Å². The summed E-state index contributed by atoms with van der Waals surface area (Å²) in [4.78, 5) is 14.4. The van der Waals surface area contributed by atoms with Crippen molar-refractivity contribution in [2.45, 2.75) is 26.9 Å². The Morgan fingerprint density at radius 1 is 1.04 bits per heavy atom. The number of nitrogens with zero attached hydrogens (tertiary/aromatic N) is 3. The molecule has 0 bridgehead atoms. The molecule has 3 rings (SSSR count). The molecule has 2 aromatic heterocycles. The SMILES string of the molecule is Cc1noc(C)c1-c1ccc(=O)n(Cc2ccc(CN(C)C)cc2)c1.Cl. The van der Waals surface area contributed by atoms with E-state index < -0.39 is 0 Å². The maximum Gasteiger partial charge on any atom is 0.250 e. The Morgan fingerprint density at radius 2 is 1.69 bits per heavy atom. The van der Waals surface area contributed by atoms with Crippen LogP contribution >= 0.6 is 12.4 Å². The van der Waals surface area contributed by atoms with Gasteiger partial charge in [-0.2, -0.15) is 0 Å². The quantitative estimate of drug-likeness (QED) is 0.685. The molecule has 0 atom stereocenters. The monoisotopic (exact) mass is 373 g/mol. The molecule has 0 saturated carbocycles. The summed E-state index contributed by atoms with van der Waals surface area (Å²) in [6, 6.07) is 11.8. The molecule has 138 valence electrons. The fraction of sp³-hybridized carbons (Fsp3) is 0.300. The Bertz CT molecular complexity index is 907. The van der Waals surface area contributed by atoms with Gasteiger partial charge in [-0.3, -0.25) is 4.79 Å². The van der Waals surface area contributed by atoms with E-state index in [0.29, 0.717) is 6.54 Å². The molecule has 6 heteroatoms. The van der Waals surface area contributed by atoms with Crippen LogP contribution in [-0.4, -0.2) is 28.7 Å². The fourth-order valence-electron chi connectivity index (χ4n) is 3.01. The maximum atomic E-state index is 12.2. The van der Waals surface area contributed by atoms with Crippen LogP contribution in [0.5, 0.6) is 0 Å². The van der Waals surface area contributed by atoms with Gasteiger partial charge in [0.2, 0.25) is 0 Å². The Hall–Kier alpha value is -2.37. The standard InChI is InChI=1S/C20H23N3O2.ClH/c1-14-20(15(2)25-21-14)18-9-10-19(24)23(13-18)12-17-7-5-16(6-8-17)11-22(3)4;/h5-10,13H,11-12H2,1-4H3;1H. The molecule has 0 unspecified atom stereocenters. The van der Waals surface area contributed by atoms with E-state index in [4.69, 9.17) is 4.52 Å². The Morgan fingerprint density at radius 3 is 2.27 bits per heavy atom. The largest absolute Gasteiger partial charge is 0.361 e. The van der Waals surface area contributed by atoms with Crippen molar-refractivity contribution in [1.29, 1.82) is 0 Å². The normalized spacial score (nSPS) is 10.8. The van der Waals surface area contributed by atoms with Gasteiger partial charge in [0, 0.05) is 29.9 Å². The predicted molar refractivity (Wildman–Crippen MR) is 106 cm³/mol. The summed E-state index contributed by atoms with van der Waals surface area (Å²) in [5.41, 5.74) is 5.06. The lowest BCUT2D eigenvalue weighted by atomic mass is 10.1. The molecule has 0 aliphatic rings. The van der Waals surface area contributed by atoms with Crippen LogP contribution in [0.2, 0.25) is 0 Å². The van der Waals surface area contributed by atoms with Gasteiger partial charge in [0.05, 0.1) is 12.2 Å². The second-order valence-electron chi connectivity index (χ2n) is 6.64. The number of hydrogen-bond donors (Lipinski definition) is 0. The van der Waals surface area contributed by atoms with E-state index in [0.717, 1.165) is 34.7 Å². The number of hydrogen-bond acceptors (Lipinski definition) is 4. The minimum Gasteiger partial charge on any atom is -0.361 e. The molecule has 2 heterocycles. The second kappa shape index (κ2) is 8.34. The van der Waals surface area contributed by atoms with E-state index in [2.05, 4.69) is 34.3 Å². The third kappa shape index (κ3) is 4.42. The summed E-state index contributed by atoms with van der Waals surface area (Å²) in [6.07, 6.45) is 1.88. The van der Waals surface area contributed by atoms with Gasteiger partial charge in [-0.25, -0.2) is 0 Å². The zero-order valence-corrected chi connectivity index (χ0v) is 16.3. The summed E-state index contributed by atoms with van der Waals surface area (Å²) < 4.78 is 6.97. The fourth-order valence-corrected chi connectivity index (χ4v) is 3.01. The van der Waals surface area contributed by atoms with E-state index in [1.165, 1.54) is 5.56 Å². The van der Waals surface area contributed by atoms with Crippen molar-refractivity contribution in [2.24, 2.45) is 0 Å². The van der Waals surface area contributed by atoms with Crippen molar-refractivity contribution in [3.05, 3.63) is 75.5 Å². The molecular formula is C20H24ClN3O2. The Labute approximate surface area is 159 Å². The van der Waals surface area contributed by atoms with Gasteiger partial charge >= 0.3 is 0 Å². The molecule has 0 amide bonds. The lowest BCUT2D eigenvalue weighted by molar-refractivity contribution is 0.393. The van der Waals surface area contributed by atoms with Crippen LogP contribution < -0.4 is 5.56 Å². The minimum absolute atomic E-state index is 0. The van der Waals surface area contributed by atoms with E-state index in [9.17, 15) is 4.79 Å². The summed E-state index contributed by atoms with van der Waals surface area (Å²) in [7, 11) is 4.10. The highest BCUT2D eigenvalue weighted by atomic mass is 35.5. The van der Waals surface area contributed by atoms with Crippen molar-refractivity contribution < 1.29 is 4.52 Å². The first kappa shape index (κ1) is 19.9. The van der Waals surface area contributed by atoms with Gasteiger partial charge in [0.15, 0.2) is 0 Å². The number of rotatable bonds is 5. The summed E-state index contributed by atoms with van der Waals surface area (Å²) in [5, 5.41) is 4.00. The van der Waals surface area contributed by atoms with Crippen LogP contribution in [-0.2, 0) is 13.1 Å². The van der Waals surface area contributed by atoms with Crippen LogP contribution in [0.1, 0.15) is 22.6 Å². The van der Waals surface area contributed by atoms with Crippen LogP contribution in [0, 0.1) is 13.8 Å². The minimum atomic E-state index is -0.0205. The maximum absolute atomic E-state index is 12.2. The summed E-state index contributed by atoms with van der Waals surface area (Å²) in [5.74, 6) is 0.760. The van der Waals surface area contributed by atoms with Crippen molar-refractivity contribution in [1.82, 2.24) is 14.6 Å². The zero-order chi connectivity index (χ0) is 18.0. The molecule has 0 saturated heterocycles. The van der Waals surface area contributed by atoms with Crippen molar-refractivity contribution in [2.75, 3.05) is 14.1 Å². The van der Waals surface area contributed by atoms with Crippen molar-refractivity contribution in [3.63, 3.8) is 0 Å². The highest BCUT2D eigenvalue weighted by Gasteiger charge is 2.12. The number of aryl methyl sites for hydroxylation is 2. The summed E-state index contributed by atoms with van der Waals surface area (Å²) in [6.45, 7) is 5.24. The molecule has 0 aliphatic carbocycles. The lowest BCUT2D eigenvalue weighted by Crippen LogP contribution is -2.19. The highest BCUT2D eigenvalue weighted by Crippen LogP contribution is 2.25. The first-order chi connectivity index (χ1) is 11.9. The smallest absolute Gasteiger partial charge is 0.250 e. The highest BCUT2D eigenvalue weighted by molar-refractivity contribution is 5.85. The van der Waals surface area contributed by atoms with Gasteiger partial charge in [-0.05, 0) is 45.1 Å². The molecular weight excluding hydrogens is 350 g/mol. The Kier molecular flexibility index (Phi) is 6.40. The molecule has 1 aromatic carbocycles. The van der Waals surface area contributed by atoms with Gasteiger partial charge in [-0.1, -0.05) is 29.4 Å². The van der Waals surface area contributed by atoms with Gasteiger partial charge in [-0.15, -0.1) is 12.4 Å². The molecule has 3 aromatic rings. The molecule has 0 spiro atoms. The number of benzene rings is 1. The number of pyridine rings is 1. The van der Waals surface area contributed by atoms with E-state index in [1.54, 1.807) is 10.6 Å². The van der Waals surface area contributed by atoms with Gasteiger partial charge < -0.3 is 14.0 Å². The third-order valence-electron chi connectivity index (χ3n) is 4.18.